The molecule has 1 amide bonds. The van der Waals surface area contributed by atoms with Crippen molar-refractivity contribution in [2.24, 2.45) is 5.73 Å². The third-order valence-corrected chi connectivity index (χ3v) is 2.19. The minimum atomic E-state index is -2.86. The standard InChI is InChI=1S/C11H10F2N4O2/c12-11(13)19-9-3-1-8(2-4-9)16-17-6-7(5-15-17)10(14)18/h1-6,11,16H,(H2,14,18). The number of amides is 1. The van der Waals surface area contributed by atoms with Gasteiger partial charge in [-0.05, 0) is 24.3 Å². The predicted octanol–water partition coefficient (Wildman–Crippen LogP) is 1.46. The molecule has 3 N–H and O–H groups in total. The van der Waals surface area contributed by atoms with Crippen molar-refractivity contribution in [3.63, 3.8) is 0 Å². The van der Waals surface area contributed by atoms with Crippen molar-refractivity contribution in [1.82, 2.24) is 9.89 Å². The van der Waals surface area contributed by atoms with Gasteiger partial charge in [-0.15, -0.1) is 0 Å². The molecule has 0 aliphatic heterocycles. The Morgan fingerprint density at radius 1 is 1.37 bits per heavy atom. The molecule has 19 heavy (non-hydrogen) atoms. The van der Waals surface area contributed by atoms with Crippen LogP contribution in [0.25, 0.3) is 0 Å². The van der Waals surface area contributed by atoms with Crippen LogP contribution in [0.4, 0.5) is 14.5 Å². The van der Waals surface area contributed by atoms with Gasteiger partial charge in [0.15, 0.2) is 0 Å². The molecule has 0 aliphatic rings. The van der Waals surface area contributed by atoms with Crippen LogP contribution in [0.3, 0.4) is 0 Å². The third-order valence-electron chi connectivity index (χ3n) is 2.19. The second kappa shape index (κ2) is 5.34. The second-order valence-corrected chi connectivity index (χ2v) is 3.55. The molecule has 0 fully saturated rings. The summed E-state index contributed by atoms with van der Waals surface area (Å²) in [5.74, 6) is -0.535. The van der Waals surface area contributed by atoms with E-state index in [2.05, 4.69) is 15.3 Å². The molecule has 0 aliphatic carbocycles. The topological polar surface area (TPSA) is 82.2 Å². The van der Waals surface area contributed by atoms with Gasteiger partial charge in [0.25, 0.3) is 5.91 Å². The molecular weight excluding hydrogens is 258 g/mol. The van der Waals surface area contributed by atoms with Crippen LogP contribution in [0.1, 0.15) is 10.4 Å². The van der Waals surface area contributed by atoms with Crippen LogP contribution in [0, 0.1) is 0 Å². The summed E-state index contributed by atoms with van der Waals surface area (Å²) >= 11 is 0. The molecule has 0 spiro atoms. The molecule has 0 bridgehead atoms. The SMILES string of the molecule is NC(=O)c1cnn(Nc2ccc(OC(F)F)cc2)c1. The van der Waals surface area contributed by atoms with Crippen LogP contribution in [-0.2, 0) is 0 Å². The Balaban J connectivity index is 2.04. The monoisotopic (exact) mass is 268 g/mol. The molecular formula is C11H10F2N4O2. The van der Waals surface area contributed by atoms with Crippen molar-refractivity contribution in [2.45, 2.75) is 6.61 Å². The van der Waals surface area contributed by atoms with Crippen molar-refractivity contribution in [1.29, 1.82) is 0 Å². The number of nitrogens with zero attached hydrogens (tertiary/aromatic N) is 2. The molecule has 0 saturated carbocycles. The van der Waals surface area contributed by atoms with E-state index < -0.39 is 12.5 Å². The van der Waals surface area contributed by atoms with E-state index in [0.29, 0.717) is 5.69 Å². The van der Waals surface area contributed by atoms with Gasteiger partial charge in [-0.25, -0.2) is 0 Å². The van der Waals surface area contributed by atoms with Crippen LogP contribution in [0.15, 0.2) is 36.7 Å². The van der Waals surface area contributed by atoms with Crippen LogP contribution in [-0.4, -0.2) is 22.4 Å². The number of aromatic nitrogens is 2. The maximum atomic E-state index is 12.0. The van der Waals surface area contributed by atoms with Gasteiger partial charge in [-0.1, -0.05) is 0 Å². The van der Waals surface area contributed by atoms with E-state index in [1.807, 2.05) is 0 Å². The number of nitrogens with one attached hydrogen (secondary N) is 1. The van der Waals surface area contributed by atoms with E-state index >= 15 is 0 Å². The quantitative estimate of drug-likeness (QED) is 0.860. The van der Waals surface area contributed by atoms with E-state index in [-0.39, 0.29) is 11.3 Å². The molecule has 6 nitrogen and oxygen atoms in total. The van der Waals surface area contributed by atoms with Gasteiger partial charge < -0.3 is 10.5 Å². The molecule has 0 saturated heterocycles. The second-order valence-electron chi connectivity index (χ2n) is 3.55. The number of anilines is 1. The fraction of sp³-hybridized carbons (Fsp3) is 0.0909. The Kier molecular flexibility index (Phi) is 3.60. The third kappa shape index (κ3) is 3.41. The maximum absolute atomic E-state index is 12.0. The Morgan fingerprint density at radius 2 is 2.05 bits per heavy atom. The molecule has 2 rings (SSSR count). The zero-order valence-corrected chi connectivity index (χ0v) is 9.59. The van der Waals surface area contributed by atoms with E-state index in [0.717, 1.165) is 0 Å². The Morgan fingerprint density at radius 3 is 2.58 bits per heavy atom. The molecule has 100 valence electrons. The number of rotatable bonds is 5. The average molecular weight is 268 g/mol. The number of primary amides is 1. The number of carbonyl (C=O) groups is 1. The number of hydrogen-bond acceptors (Lipinski definition) is 4. The first-order valence-electron chi connectivity index (χ1n) is 5.21. The van der Waals surface area contributed by atoms with Crippen molar-refractivity contribution in [2.75, 3.05) is 5.43 Å². The lowest BCUT2D eigenvalue weighted by Crippen LogP contribution is -2.11. The van der Waals surface area contributed by atoms with Crippen molar-refractivity contribution >= 4 is 11.6 Å². The zero-order valence-electron chi connectivity index (χ0n) is 9.59. The number of benzene rings is 1. The summed E-state index contributed by atoms with van der Waals surface area (Å²) in [7, 11) is 0. The minimum Gasteiger partial charge on any atom is -0.435 e. The van der Waals surface area contributed by atoms with Crippen LogP contribution < -0.4 is 15.9 Å². The average Bonchev–Trinajstić information content (AvgIpc) is 2.80. The first kappa shape index (κ1) is 12.8. The fourth-order valence-corrected chi connectivity index (χ4v) is 1.35. The summed E-state index contributed by atoms with van der Waals surface area (Å²) in [5.41, 5.74) is 8.73. The van der Waals surface area contributed by atoms with Crippen molar-refractivity contribution in [3.05, 3.63) is 42.2 Å². The van der Waals surface area contributed by atoms with E-state index in [9.17, 15) is 13.6 Å². The Bertz CT molecular complexity index is 568. The van der Waals surface area contributed by atoms with Crippen LogP contribution in [0.5, 0.6) is 5.75 Å². The van der Waals surface area contributed by atoms with Crippen molar-refractivity contribution in [3.8, 4) is 5.75 Å². The number of halogens is 2. The molecule has 1 aromatic carbocycles. The van der Waals surface area contributed by atoms with Gasteiger partial charge in [-0.2, -0.15) is 18.7 Å². The zero-order chi connectivity index (χ0) is 13.8. The molecule has 0 atom stereocenters. The lowest BCUT2D eigenvalue weighted by molar-refractivity contribution is -0.0498. The van der Waals surface area contributed by atoms with Gasteiger partial charge in [0.05, 0.1) is 23.6 Å². The van der Waals surface area contributed by atoms with E-state index in [1.54, 1.807) is 0 Å². The summed E-state index contributed by atoms with van der Waals surface area (Å²) in [6.45, 7) is -2.86. The van der Waals surface area contributed by atoms with Crippen LogP contribution in [0.2, 0.25) is 0 Å². The van der Waals surface area contributed by atoms with Crippen LogP contribution >= 0.6 is 0 Å². The summed E-state index contributed by atoms with van der Waals surface area (Å²) in [5, 5.41) is 3.86. The smallest absolute Gasteiger partial charge is 0.387 e. The van der Waals surface area contributed by atoms with Gasteiger partial charge in [0.2, 0.25) is 0 Å². The maximum Gasteiger partial charge on any atom is 0.387 e. The lowest BCUT2D eigenvalue weighted by Gasteiger charge is -2.07. The summed E-state index contributed by atoms with van der Waals surface area (Å²) in [4.78, 5) is 12.1. The molecule has 8 heteroatoms. The fourth-order valence-electron chi connectivity index (χ4n) is 1.35. The predicted molar refractivity (Wildman–Crippen MR) is 62.8 cm³/mol. The van der Waals surface area contributed by atoms with Gasteiger partial charge in [-0.3, -0.25) is 10.2 Å². The molecule has 0 unspecified atom stereocenters. The van der Waals surface area contributed by atoms with E-state index in [4.69, 9.17) is 5.73 Å². The number of carbonyl (C=O) groups excluding carboxylic acids is 1. The molecule has 0 radical (unpaired) electrons. The first-order chi connectivity index (χ1) is 9.04. The summed E-state index contributed by atoms with van der Waals surface area (Å²) in [6, 6.07) is 5.83. The van der Waals surface area contributed by atoms with Gasteiger partial charge in [0, 0.05) is 0 Å². The number of alkyl halides is 2. The molecule has 1 aromatic heterocycles. The number of ether oxygens (including phenoxy) is 1. The highest BCUT2D eigenvalue weighted by molar-refractivity contribution is 5.92. The minimum absolute atomic E-state index is 0.0545. The lowest BCUT2D eigenvalue weighted by atomic mass is 10.3. The van der Waals surface area contributed by atoms with Gasteiger partial charge >= 0.3 is 6.61 Å². The largest absolute Gasteiger partial charge is 0.435 e. The van der Waals surface area contributed by atoms with Crippen molar-refractivity contribution < 1.29 is 18.3 Å². The highest BCUT2D eigenvalue weighted by Gasteiger charge is 2.05. The Labute approximate surface area is 106 Å². The highest BCUT2D eigenvalue weighted by atomic mass is 19.3. The summed E-state index contributed by atoms with van der Waals surface area (Å²) in [6.07, 6.45) is 2.72. The first-order valence-corrected chi connectivity index (χ1v) is 5.21. The van der Waals surface area contributed by atoms with Gasteiger partial charge in [0.1, 0.15) is 5.75 Å². The number of hydrogen-bond donors (Lipinski definition) is 2. The molecule has 1 heterocycles. The number of nitrogens with two attached hydrogens (primary N) is 1. The molecule has 2 aromatic rings. The highest BCUT2D eigenvalue weighted by Crippen LogP contribution is 2.17. The summed E-state index contributed by atoms with van der Waals surface area (Å²) < 4.78 is 28.1. The Hall–Kier alpha value is -2.64. The van der Waals surface area contributed by atoms with E-state index in [1.165, 1.54) is 41.4 Å². The normalized spacial score (nSPS) is 10.5.